The molecule has 1 aliphatic heterocycles. The predicted octanol–water partition coefficient (Wildman–Crippen LogP) is 3.05. The van der Waals surface area contributed by atoms with Crippen molar-refractivity contribution in [3.05, 3.63) is 77.4 Å². The fourth-order valence-electron chi connectivity index (χ4n) is 4.04. The summed E-state index contributed by atoms with van der Waals surface area (Å²) in [5.74, 6) is -0.116. The molecule has 1 fully saturated rings. The molecule has 2 aromatic carbocycles. The van der Waals surface area contributed by atoms with Crippen molar-refractivity contribution in [2.45, 2.75) is 38.4 Å². The van der Waals surface area contributed by atoms with E-state index in [2.05, 4.69) is 17.2 Å². The number of Topliss-reactive ketones (excluding diaryl/α,β-unsaturated/α-hetero) is 1. The van der Waals surface area contributed by atoms with Gasteiger partial charge in [0.2, 0.25) is 5.91 Å². The van der Waals surface area contributed by atoms with Crippen LogP contribution in [-0.2, 0) is 22.7 Å². The number of nitrogens with one attached hydrogen (secondary N) is 2. The highest BCUT2D eigenvalue weighted by atomic mass is 16.2. The molecule has 4 rings (SSSR count). The van der Waals surface area contributed by atoms with Gasteiger partial charge in [-0.15, -0.1) is 0 Å². The van der Waals surface area contributed by atoms with E-state index in [1.807, 2.05) is 42.5 Å². The van der Waals surface area contributed by atoms with Gasteiger partial charge in [-0.1, -0.05) is 42.5 Å². The van der Waals surface area contributed by atoms with E-state index in [1.54, 1.807) is 11.0 Å². The monoisotopic (exact) mass is 403 g/mol. The maximum atomic E-state index is 12.8. The van der Waals surface area contributed by atoms with Gasteiger partial charge in [0.25, 0.3) is 5.91 Å². The molecule has 2 aromatic rings. The van der Waals surface area contributed by atoms with Gasteiger partial charge in [0.05, 0.1) is 12.6 Å². The van der Waals surface area contributed by atoms with Gasteiger partial charge < -0.3 is 15.5 Å². The number of rotatable bonds is 6. The van der Waals surface area contributed by atoms with Gasteiger partial charge in [0.1, 0.15) is 0 Å². The second-order valence-electron chi connectivity index (χ2n) is 7.87. The third-order valence-corrected chi connectivity index (χ3v) is 5.66. The van der Waals surface area contributed by atoms with E-state index < -0.39 is 0 Å². The number of allylic oxidation sites excluding steroid dienone is 1. The van der Waals surface area contributed by atoms with Crippen molar-refractivity contribution in [2.75, 3.05) is 11.9 Å². The Bertz CT molecular complexity index is 1000. The number of nitrogens with zero attached hydrogens (tertiary/aromatic N) is 1. The Labute approximate surface area is 176 Å². The molecule has 1 saturated carbocycles. The molecule has 2 aliphatic rings. The minimum absolute atomic E-state index is 0.0748. The molecule has 0 saturated heterocycles. The van der Waals surface area contributed by atoms with Crippen LogP contribution in [-0.4, -0.2) is 35.1 Å². The standard InChI is InChI=1S/C24H25N3O3/c1-16-7-10-21(22(28)11-16)27-15-18-12-17(8-9-20(18)24(27)30)13-26-23(29)14-25-19-5-3-2-4-6-19/h2-6,8-9,12,21,25H,1,7,10-11,13-15H2,(H,26,29). The first-order valence-corrected chi connectivity index (χ1v) is 10.2. The molecule has 1 atom stereocenters. The number of para-hydroxylation sites is 1. The Kier molecular flexibility index (Phi) is 5.65. The Morgan fingerprint density at radius 1 is 1.13 bits per heavy atom. The Hall–Kier alpha value is -3.41. The Morgan fingerprint density at radius 2 is 1.93 bits per heavy atom. The lowest BCUT2D eigenvalue weighted by Crippen LogP contribution is -2.43. The van der Waals surface area contributed by atoms with Crippen molar-refractivity contribution >= 4 is 23.3 Å². The van der Waals surface area contributed by atoms with E-state index >= 15 is 0 Å². The van der Waals surface area contributed by atoms with E-state index in [-0.39, 0.29) is 30.2 Å². The van der Waals surface area contributed by atoms with E-state index in [0.29, 0.717) is 31.5 Å². The van der Waals surface area contributed by atoms with Gasteiger partial charge in [-0.05, 0) is 42.2 Å². The number of anilines is 1. The lowest BCUT2D eigenvalue weighted by atomic mass is 9.90. The number of hydrogen-bond acceptors (Lipinski definition) is 4. The molecule has 0 aromatic heterocycles. The molecule has 2 amide bonds. The fourth-order valence-corrected chi connectivity index (χ4v) is 4.04. The van der Waals surface area contributed by atoms with Crippen LogP contribution < -0.4 is 10.6 Å². The van der Waals surface area contributed by atoms with Crippen molar-refractivity contribution in [2.24, 2.45) is 0 Å². The molecule has 1 heterocycles. The van der Waals surface area contributed by atoms with Gasteiger partial charge in [0, 0.05) is 30.8 Å². The van der Waals surface area contributed by atoms with Gasteiger partial charge in [-0.3, -0.25) is 14.4 Å². The highest BCUT2D eigenvalue weighted by Crippen LogP contribution is 2.31. The number of benzene rings is 2. The largest absolute Gasteiger partial charge is 0.376 e. The minimum Gasteiger partial charge on any atom is -0.376 e. The number of ketones is 1. The molecule has 1 aliphatic carbocycles. The number of carbonyl (C=O) groups is 3. The molecule has 154 valence electrons. The molecular weight excluding hydrogens is 378 g/mol. The van der Waals surface area contributed by atoms with Crippen LogP contribution in [0.25, 0.3) is 0 Å². The van der Waals surface area contributed by atoms with Crippen molar-refractivity contribution < 1.29 is 14.4 Å². The van der Waals surface area contributed by atoms with Crippen molar-refractivity contribution in [1.82, 2.24) is 10.2 Å². The Morgan fingerprint density at radius 3 is 2.70 bits per heavy atom. The van der Waals surface area contributed by atoms with Gasteiger partial charge >= 0.3 is 0 Å². The maximum absolute atomic E-state index is 12.8. The molecule has 0 spiro atoms. The molecule has 6 nitrogen and oxygen atoms in total. The van der Waals surface area contributed by atoms with E-state index in [1.165, 1.54) is 0 Å². The van der Waals surface area contributed by atoms with Crippen LogP contribution in [0.3, 0.4) is 0 Å². The molecule has 30 heavy (non-hydrogen) atoms. The maximum Gasteiger partial charge on any atom is 0.255 e. The van der Waals surface area contributed by atoms with Crippen LogP contribution >= 0.6 is 0 Å². The number of fused-ring (bicyclic) bond motifs is 1. The topological polar surface area (TPSA) is 78.5 Å². The SMILES string of the molecule is C=C1CCC(N2Cc3cc(CNC(=O)CNc4ccccc4)ccc3C2=O)C(=O)C1. The number of amides is 2. The van der Waals surface area contributed by atoms with Crippen LogP contribution in [0.1, 0.15) is 40.7 Å². The normalized spacial score (nSPS) is 18.3. The lowest BCUT2D eigenvalue weighted by Gasteiger charge is -2.30. The molecular formula is C24H25N3O3. The van der Waals surface area contributed by atoms with E-state index in [9.17, 15) is 14.4 Å². The second kappa shape index (κ2) is 8.53. The first kappa shape index (κ1) is 19.9. The van der Waals surface area contributed by atoms with Crippen molar-refractivity contribution in [1.29, 1.82) is 0 Å². The molecule has 2 N–H and O–H groups in total. The van der Waals surface area contributed by atoms with Crippen LogP contribution in [0.5, 0.6) is 0 Å². The van der Waals surface area contributed by atoms with Crippen LogP contribution in [0.15, 0.2) is 60.7 Å². The van der Waals surface area contributed by atoms with Gasteiger partial charge in [-0.25, -0.2) is 0 Å². The third kappa shape index (κ3) is 4.27. The van der Waals surface area contributed by atoms with Crippen LogP contribution in [0, 0.1) is 0 Å². The third-order valence-electron chi connectivity index (χ3n) is 5.66. The summed E-state index contributed by atoms with van der Waals surface area (Å²) in [6.45, 7) is 4.92. The highest BCUT2D eigenvalue weighted by molar-refractivity contribution is 6.02. The van der Waals surface area contributed by atoms with Crippen molar-refractivity contribution in [3.63, 3.8) is 0 Å². The molecule has 0 bridgehead atoms. The number of hydrogen-bond donors (Lipinski definition) is 2. The lowest BCUT2D eigenvalue weighted by molar-refractivity contribution is -0.124. The summed E-state index contributed by atoms with van der Waals surface area (Å²) in [7, 11) is 0. The Balaban J connectivity index is 1.34. The first-order valence-electron chi connectivity index (χ1n) is 10.2. The molecule has 0 radical (unpaired) electrons. The summed E-state index contributed by atoms with van der Waals surface area (Å²) < 4.78 is 0. The fraction of sp³-hybridized carbons (Fsp3) is 0.292. The van der Waals surface area contributed by atoms with Crippen LogP contribution in [0.2, 0.25) is 0 Å². The average molecular weight is 403 g/mol. The average Bonchev–Trinajstić information content (AvgIpc) is 3.07. The summed E-state index contributed by atoms with van der Waals surface area (Å²) in [6, 6.07) is 14.8. The zero-order chi connectivity index (χ0) is 21.1. The summed E-state index contributed by atoms with van der Waals surface area (Å²) in [5.41, 5.74) is 4.32. The summed E-state index contributed by atoms with van der Waals surface area (Å²) in [5, 5.41) is 5.97. The second-order valence-corrected chi connectivity index (χ2v) is 7.87. The zero-order valence-corrected chi connectivity index (χ0v) is 16.8. The summed E-state index contributed by atoms with van der Waals surface area (Å²) in [4.78, 5) is 39.0. The molecule has 6 heteroatoms. The number of carbonyl (C=O) groups excluding carboxylic acids is 3. The smallest absolute Gasteiger partial charge is 0.255 e. The first-order chi connectivity index (χ1) is 14.5. The molecule has 1 unspecified atom stereocenters. The minimum atomic E-state index is -0.359. The zero-order valence-electron chi connectivity index (χ0n) is 16.8. The van der Waals surface area contributed by atoms with E-state index in [4.69, 9.17) is 0 Å². The van der Waals surface area contributed by atoms with Gasteiger partial charge in [-0.2, -0.15) is 0 Å². The highest BCUT2D eigenvalue weighted by Gasteiger charge is 2.37. The van der Waals surface area contributed by atoms with Gasteiger partial charge in [0.15, 0.2) is 5.78 Å². The summed E-state index contributed by atoms with van der Waals surface area (Å²) >= 11 is 0. The van der Waals surface area contributed by atoms with Crippen LogP contribution in [0.4, 0.5) is 5.69 Å². The quantitative estimate of drug-likeness (QED) is 0.727. The predicted molar refractivity (Wildman–Crippen MR) is 115 cm³/mol. The summed E-state index contributed by atoms with van der Waals surface area (Å²) in [6.07, 6.45) is 1.79. The van der Waals surface area contributed by atoms with E-state index in [0.717, 1.165) is 28.8 Å². The van der Waals surface area contributed by atoms with Crippen molar-refractivity contribution in [3.8, 4) is 0 Å².